The average Bonchev–Trinajstić information content (AvgIpc) is 2.63. The van der Waals surface area contributed by atoms with E-state index in [0.717, 1.165) is 25.6 Å². The molecule has 0 aromatic heterocycles. The van der Waals surface area contributed by atoms with Gasteiger partial charge in [-0.2, -0.15) is 17.0 Å². The monoisotopic (exact) mass is 470 g/mol. The molecule has 1 saturated heterocycles. The van der Waals surface area contributed by atoms with Crippen molar-refractivity contribution in [3.8, 4) is 6.07 Å². The Hall–Kier alpha value is -0.940. The first kappa shape index (κ1) is 20.4. The third-order valence-corrected chi connectivity index (χ3v) is 6.59. The summed E-state index contributed by atoms with van der Waals surface area (Å²) in [5, 5.41) is 12.4. The molecular formula is C19H27IN4S. The summed E-state index contributed by atoms with van der Waals surface area (Å²) >= 11 is 2.18. The summed E-state index contributed by atoms with van der Waals surface area (Å²) in [6, 6.07) is 9.91. The van der Waals surface area contributed by atoms with Gasteiger partial charge in [0.05, 0.1) is 11.6 Å². The van der Waals surface area contributed by atoms with Crippen molar-refractivity contribution in [2.75, 3.05) is 25.9 Å². The average molecular weight is 470 g/mol. The normalized spacial score (nSPS) is 19.8. The number of thioether (sulfide) groups is 1. The van der Waals surface area contributed by atoms with Gasteiger partial charge in [0.1, 0.15) is 0 Å². The lowest BCUT2D eigenvalue weighted by atomic mass is 9.87. The van der Waals surface area contributed by atoms with Gasteiger partial charge < -0.3 is 10.2 Å². The Morgan fingerprint density at radius 1 is 1.28 bits per heavy atom. The zero-order chi connectivity index (χ0) is 16.8. The Labute approximate surface area is 172 Å². The van der Waals surface area contributed by atoms with E-state index in [1.54, 1.807) is 0 Å². The van der Waals surface area contributed by atoms with Gasteiger partial charge in [0.25, 0.3) is 0 Å². The Kier molecular flexibility index (Phi) is 7.88. The molecule has 1 N–H and O–H groups in total. The standard InChI is InChI=1S/C19H26N4S.HI/c1-21-18(22-14-17-7-5-16(13-20)6-8-17)23-11-12-24-19(15-23)9-3-2-4-10-19;/h5-8H,2-4,9-12,14-15H2,1H3,(H,21,22);1H. The maximum atomic E-state index is 8.88. The van der Waals surface area contributed by atoms with Gasteiger partial charge in [-0.15, -0.1) is 24.0 Å². The number of nitriles is 1. The number of hydrogen-bond acceptors (Lipinski definition) is 3. The smallest absolute Gasteiger partial charge is 0.193 e. The van der Waals surface area contributed by atoms with Crippen molar-refractivity contribution in [1.82, 2.24) is 10.2 Å². The zero-order valence-electron chi connectivity index (χ0n) is 14.8. The highest BCUT2D eigenvalue weighted by Crippen LogP contribution is 2.42. The summed E-state index contributed by atoms with van der Waals surface area (Å²) in [7, 11) is 1.87. The zero-order valence-corrected chi connectivity index (χ0v) is 18.0. The Morgan fingerprint density at radius 2 is 2.00 bits per heavy atom. The van der Waals surface area contributed by atoms with Crippen molar-refractivity contribution in [2.24, 2.45) is 4.99 Å². The van der Waals surface area contributed by atoms with Gasteiger partial charge in [0, 0.05) is 37.2 Å². The molecule has 1 aliphatic carbocycles. The summed E-state index contributed by atoms with van der Waals surface area (Å²) < 4.78 is 0.447. The van der Waals surface area contributed by atoms with Crippen LogP contribution in [-0.2, 0) is 6.54 Å². The quantitative estimate of drug-likeness (QED) is 0.403. The Morgan fingerprint density at radius 3 is 2.64 bits per heavy atom. The van der Waals surface area contributed by atoms with Crippen LogP contribution >= 0.6 is 35.7 Å². The van der Waals surface area contributed by atoms with Crippen LogP contribution in [0.15, 0.2) is 29.3 Å². The minimum Gasteiger partial charge on any atom is -0.352 e. The predicted molar refractivity (Wildman–Crippen MR) is 117 cm³/mol. The summed E-state index contributed by atoms with van der Waals surface area (Å²) in [5.74, 6) is 2.20. The largest absolute Gasteiger partial charge is 0.352 e. The Bertz CT molecular complexity index is 612. The second-order valence-corrected chi connectivity index (χ2v) is 8.29. The summed E-state index contributed by atoms with van der Waals surface area (Å²) in [4.78, 5) is 6.94. The number of nitrogens with zero attached hydrogens (tertiary/aromatic N) is 3. The molecule has 1 aromatic carbocycles. The molecular weight excluding hydrogens is 443 g/mol. The van der Waals surface area contributed by atoms with E-state index in [1.807, 2.05) is 31.3 Å². The topological polar surface area (TPSA) is 51.4 Å². The van der Waals surface area contributed by atoms with E-state index in [1.165, 1.54) is 43.4 Å². The molecule has 25 heavy (non-hydrogen) atoms. The number of hydrogen-bond donors (Lipinski definition) is 1. The number of nitrogens with one attached hydrogen (secondary N) is 1. The highest BCUT2D eigenvalue weighted by atomic mass is 127. The molecule has 0 unspecified atom stereocenters. The van der Waals surface area contributed by atoms with E-state index >= 15 is 0 Å². The van der Waals surface area contributed by atoms with Crippen LogP contribution in [0, 0.1) is 11.3 Å². The number of aliphatic imine (C=N–C) groups is 1. The van der Waals surface area contributed by atoms with Crippen LogP contribution in [0.1, 0.15) is 43.2 Å². The highest BCUT2D eigenvalue weighted by Gasteiger charge is 2.38. The molecule has 3 rings (SSSR count). The van der Waals surface area contributed by atoms with Crippen LogP contribution in [0.4, 0.5) is 0 Å². The van der Waals surface area contributed by atoms with Crippen molar-refractivity contribution < 1.29 is 0 Å². The van der Waals surface area contributed by atoms with Crippen molar-refractivity contribution in [1.29, 1.82) is 5.26 Å². The van der Waals surface area contributed by atoms with Crippen LogP contribution in [0.25, 0.3) is 0 Å². The van der Waals surface area contributed by atoms with Crippen LogP contribution in [0.5, 0.6) is 0 Å². The predicted octanol–water partition coefficient (Wildman–Crippen LogP) is 4.00. The first-order valence-corrected chi connectivity index (χ1v) is 9.82. The number of halogens is 1. The molecule has 136 valence electrons. The molecule has 1 heterocycles. The van der Waals surface area contributed by atoms with E-state index in [0.29, 0.717) is 10.3 Å². The molecule has 1 spiro atoms. The number of guanidine groups is 1. The van der Waals surface area contributed by atoms with Gasteiger partial charge in [-0.25, -0.2) is 0 Å². The molecule has 1 aromatic rings. The van der Waals surface area contributed by atoms with Gasteiger partial charge in [0.15, 0.2) is 5.96 Å². The lowest BCUT2D eigenvalue weighted by molar-refractivity contribution is 0.293. The third kappa shape index (κ3) is 5.27. The number of benzene rings is 1. The minimum absolute atomic E-state index is 0. The van der Waals surface area contributed by atoms with E-state index in [9.17, 15) is 0 Å². The lowest BCUT2D eigenvalue weighted by Crippen LogP contribution is -2.53. The second-order valence-electron chi connectivity index (χ2n) is 6.72. The SMILES string of the molecule is CN=C(NCc1ccc(C#N)cc1)N1CCSC2(CCCCC2)C1.I. The van der Waals surface area contributed by atoms with E-state index in [2.05, 4.69) is 33.0 Å². The van der Waals surface area contributed by atoms with Crippen LogP contribution < -0.4 is 5.32 Å². The van der Waals surface area contributed by atoms with Crippen molar-refractivity contribution >= 4 is 41.7 Å². The van der Waals surface area contributed by atoms with E-state index in [-0.39, 0.29) is 24.0 Å². The molecule has 0 bridgehead atoms. The molecule has 1 aliphatic heterocycles. The first-order chi connectivity index (χ1) is 11.7. The van der Waals surface area contributed by atoms with E-state index in [4.69, 9.17) is 5.26 Å². The molecule has 1 saturated carbocycles. The molecule has 6 heteroatoms. The number of rotatable bonds is 2. The Balaban J connectivity index is 0.00000225. The van der Waals surface area contributed by atoms with Crippen molar-refractivity contribution in [3.63, 3.8) is 0 Å². The van der Waals surface area contributed by atoms with Crippen LogP contribution in [-0.4, -0.2) is 41.5 Å². The fourth-order valence-electron chi connectivity index (χ4n) is 3.73. The van der Waals surface area contributed by atoms with Gasteiger partial charge in [-0.1, -0.05) is 31.4 Å². The maximum Gasteiger partial charge on any atom is 0.193 e. The highest BCUT2D eigenvalue weighted by molar-refractivity contribution is 14.0. The lowest BCUT2D eigenvalue weighted by Gasteiger charge is -2.45. The molecule has 0 amide bonds. The minimum atomic E-state index is 0. The van der Waals surface area contributed by atoms with Crippen molar-refractivity contribution in [2.45, 2.75) is 43.4 Å². The van der Waals surface area contributed by atoms with Gasteiger partial charge in [-0.3, -0.25) is 4.99 Å². The molecule has 0 radical (unpaired) electrons. The van der Waals surface area contributed by atoms with Gasteiger partial charge >= 0.3 is 0 Å². The van der Waals surface area contributed by atoms with Crippen LogP contribution in [0.3, 0.4) is 0 Å². The van der Waals surface area contributed by atoms with Crippen molar-refractivity contribution in [3.05, 3.63) is 35.4 Å². The fraction of sp³-hybridized carbons (Fsp3) is 0.579. The van der Waals surface area contributed by atoms with Gasteiger partial charge in [-0.05, 0) is 30.5 Å². The summed E-state index contributed by atoms with van der Waals surface area (Å²) in [6.07, 6.45) is 6.84. The summed E-state index contributed by atoms with van der Waals surface area (Å²) in [6.45, 7) is 2.93. The van der Waals surface area contributed by atoms with E-state index < -0.39 is 0 Å². The fourth-order valence-corrected chi connectivity index (χ4v) is 5.30. The van der Waals surface area contributed by atoms with Crippen LogP contribution in [0.2, 0.25) is 0 Å². The molecule has 2 fully saturated rings. The molecule has 4 nitrogen and oxygen atoms in total. The molecule has 2 aliphatic rings. The molecule has 0 atom stereocenters. The maximum absolute atomic E-state index is 8.88. The third-order valence-electron chi connectivity index (χ3n) is 5.06. The second kappa shape index (κ2) is 9.67. The summed E-state index contributed by atoms with van der Waals surface area (Å²) in [5.41, 5.74) is 1.88. The first-order valence-electron chi connectivity index (χ1n) is 8.83. The van der Waals surface area contributed by atoms with Gasteiger partial charge in [0.2, 0.25) is 0 Å².